The molecule has 18 aromatic rings. The lowest BCUT2D eigenvalue weighted by atomic mass is 9.99. The fourth-order valence-electron chi connectivity index (χ4n) is 14.9. The maximum atomic E-state index is 6.80. The molecular formula is C90H58N8O2. The normalized spacial score (nSPS) is 14.8. The zero-order chi connectivity index (χ0) is 65.8. The highest BCUT2D eigenvalue weighted by molar-refractivity contribution is 6.18. The van der Waals surface area contributed by atoms with E-state index in [-0.39, 0.29) is 6.17 Å². The van der Waals surface area contributed by atoms with Crippen molar-refractivity contribution in [2.75, 3.05) is 0 Å². The van der Waals surface area contributed by atoms with E-state index < -0.39 is 6.17 Å². The van der Waals surface area contributed by atoms with Gasteiger partial charge < -0.3 is 28.6 Å². The Labute approximate surface area is 574 Å². The number of amidine groups is 4. The molecule has 0 radical (unpaired) electrons. The second kappa shape index (κ2) is 23.2. The second-order valence-corrected chi connectivity index (χ2v) is 25.8. The predicted octanol–water partition coefficient (Wildman–Crippen LogP) is 21.7. The summed E-state index contributed by atoms with van der Waals surface area (Å²) in [5, 5.41) is 16.2. The van der Waals surface area contributed by atoms with E-state index >= 15 is 0 Å². The smallest absolute Gasteiger partial charge is 0.159 e. The van der Waals surface area contributed by atoms with Crippen molar-refractivity contribution in [1.82, 2.24) is 19.8 Å². The molecule has 0 bridgehead atoms. The van der Waals surface area contributed by atoms with Crippen LogP contribution < -0.4 is 10.6 Å². The average molecular weight is 1280 g/mol. The van der Waals surface area contributed by atoms with E-state index in [0.29, 0.717) is 11.7 Å². The van der Waals surface area contributed by atoms with E-state index in [1.54, 1.807) is 0 Å². The molecule has 2 unspecified atom stereocenters. The Bertz CT molecular complexity index is 6460. The lowest BCUT2D eigenvalue weighted by Gasteiger charge is -2.24. The summed E-state index contributed by atoms with van der Waals surface area (Å²) in [5.74, 6) is 2.78. The Balaban J connectivity index is 0.625. The van der Waals surface area contributed by atoms with Gasteiger partial charge in [-0.1, -0.05) is 218 Å². The summed E-state index contributed by atoms with van der Waals surface area (Å²) in [6, 6.07) is 116. The van der Waals surface area contributed by atoms with E-state index in [0.717, 1.165) is 161 Å². The third-order valence-corrected chi connectivity index (χ3v) is 19.8. The van der Waals surface area contributed by atoms with Crippen LogP contribution in [0.1, 0.15) is 45.7 Å². The third-order valence-electron chi connectivity index (χ3n) is 19.8. The Kier molecular flexibility index (Phi) is 13.2. The van der Waals surface area contributed by atoms with Gasteiger partial charge in [0.1, 0.15) is 46.3 Å². The first-order chi connectivity index (χ1) is 49.5. The first kappa shape index (κ1) is 56.9. The number of furan rings is 2. The molecule has 2 N–H and O–H groups in total. The Morgan fingerprint density at radius 3 is 1.11 bits per heavy atom. The Morgan fingerprint density at radius 1 is 0.240 bits per heavy atom. The third kappa shape index (κ3) is 9.71. The minimum atomic E-state index is -0.449. The SMILES string of the molecule is c1ccc(C2=NC(c3ccc4c(c3)oc3cc(-c5ccc6c(c5)c5ccc(-c7cccc(C8N=C(c9ccc%10c(c9)oc9cc(-c%11ccc%12c%13ccccc%13n(-c%13ccccc%13)c%12c%11)ccc9%10)N=C(c9ccccc9)N8)c7)cc5n6-c5ccccc5)ccc34)=NC(c3ccccc3)N2)cc1. The van der Waals surface area contributed by atoms with Gasteiger partial charge in [0.15, 0.2) is 11.7 Å². The monoisotopic (exact) mass is 1280 g/mol. The molecular weight excluding hydrogens is 1230 g/mol. The van der Waals surface area contributed by atoms with Crippen LogP contribution in [0.4, 0.5) is 0 Å². The molecule has 470 valence electrons. The first-order valence-corrected chi connectivity index (χ1v) is 33.8. The van der Waals surface area contributed by atoms with Crippen LogP contribution in [0.2, 0.25) is 0 Å². The van der Waals surface area contributed by atoms with Gasteiger partial charge in [-0.05, 0) is 154 Å². The molecule has 0 spiro atoms. The molecule has 0 aliphatic carbocycles. The van der Waals surface area contributed by atoms with Gasteiger partial charge in [0.05, 0.1) is 22.1 Å². The Hall–Kier alpha value is -13.4. The standard InChI is InChI=1S/C90H58N8O2/c1-6-19-55(20-7-1)85-91-86(56-21-8-2-9-22-56)94-89(93-85)65-37-44-74-72-42-35-62(51-81(72)99-83(74)53-65)59-39-46-78-76(48-59)71-41-34-60(49-80(71)98(78)68-29-14-5-15-30-68)58-25-18-26-64(47-58)88-92-87(57-23-10-3-11-24-57)95-90(96-88)66-38-45-75-73-43-36-63(52-82(73)100-84(75)54-66)61-33-40-70-69-31-16-17-32-77(69)97(79(70)50-61)67-27-12-4-13-28-67/h1-54,85,88H,(H,91,93,94)(H,92,95,96). The van der Waals surface area contributed by atoms with Crippen molar-refractivity contribution in [3.8, 4) is 44.8 Å². The van der Waals surface area contributed by atoms with Gasteiger partial charge in [0.25, 0.3) is 0 Å². The van der Waals surface area contributed by atoms with E-state index in [1.165, 1.54) is 16.3 Å². The minimum Gasteiger partial charge on any atom is -0.456 e. The summed E-state index contributed by atoms with van der Waals surface area (Å²) in [4.78, 5) is 20.9. The van der Waals surface area contributed by atoms with Crippen LogP contribution in [0.25, 0.3) is 132 Å². The molecule has 6 heterocycles. The largest absolute Gasteiger partial charge is 0.456 e. The zero-order valence-electron chi connectivity index (χ0n) is 53.8. The maximum Gasteiger partial charge on any atom is 0.159 e. The Morgan fingerprint density at radius 2 is 0.590 bits per heavy atom. The number of fused-ring (bicyclic) bond motifs is 12. The van der Waals surface area contributed by atoms with Crippen molar-refractivity contribution in [3.63, 3.8) is 0 Å². The van der Waals surface area contributed by atoms with Crippen LogP contribution in [-0.2, 0) is 0 Å². The molecule has 4 aromatic heterocycles. The van der Waals surface area contributed by atoms with Crippen LogP contribution >= 0.6 is 0 Å². The molecule has 2 atom stereocenters. The van der Waals surface area contributed by atoms with Crippen molar-refractivity contribution in [2.45, 2.75) is 12.3 Å². The highest BCUT2D eigenvalue weighted by atomic mass is 16.3. The average Bonchev–Trinajstić information content (AvgIpc) is 1.57. The number of hydrogen-bond donors (Lipinski definition) is 2. The number of aromatic nitrogens is 2. The topological polar surface area (TPSA) is 110 Å². The number of rotatable bonds is 11. The van der Waals surface area contributed by atoms with Crippen LogP contribution in [0.5, 0.6) is 0 Å². The van der Waals surface area contributed by atoms with Crippen LogP contribution in [0.15, 0.2) is 356 Å². The highest BCUT2D eigenvalue weighted by Gasteiger charge is 2.26. The number of hydrogen-bond acceptors (Lipinski definition) is 8. The lowest BCUT2D eigenvalue weighted by molar-refractivity contribution is 0.667. The quantitative estimate of drug-likeness (QED) is 0.134. The zero-order valence-corrected chi connectivity index (χ0v) is 53.8. The summed E-state index contributed by atoms with van der Waals surface area (Å²) < 4.78 is 18.3. The summed E-state index contributed by atoms with van der Waals surface area (Å²) in [5.41, 5.74) is 22.3. The molecule has 0 fully saturated rings. The molecule has 0 saturated carbocycles. The number of benzene rings is 14. The lowest BCUT2D eigenvalue weighted by Crippen LogP contribution is -2.33. The summed E-state index contributed by atoms with van der Waals surface area (Å²) in [6.45, 7) is 0. The van der Waals surface area contributed by atoms with Gasteiger partial charge in [-0.25, -0.2) is 20.0 Å². The summed E-state index contributed by atoms with van der Waals surface area (Å²) in [7, 11) is 0. The summed E-state index contributed by atoms with van der Waals surface area (Å²) >= 11 is 0. The predicted molar refractivity (Wildman–Crippen MR) is 410 cm³/mol. The van der Waals surface area contributed by atoms with E-state index in [9.17, 15) is 0 Å². The van der Waals surface area contributed by atoms with Gasteiger partial charge in [0, 0.05) is 76.7 Å². The van der Waals surface area contributed by atoms with Gasteiger partial charge in [-0.3, -0.25) is 0 Å². The fourth-order valence-corrected chi connectivity index (χ4v) is 14.9. The van der Waals surface area contributed by atoms with Crippen LogP contribution in [-0.4, -0.2) is 32.5 Å². The van der Waals surface area contributed by atoms with Gasteiger partial charge in [-0.2, -0.15) is 0 Å². The molecule has 10 heteroatoms. The van der Waals surface area contributed by atoms with Gasteiger partial charge >= 0.3 is 0 Å². The van der Waals surface area contributed by atoms with Crippen LogP contribution in [0, 0.1) is 0 Å². The minimum absolute atomic E-state index is 0.301. The second-order valence-electron chi connectivity index (χ2n) is 25.8. The number of para-hydroxylation sites is 3. The van der Waals surface area contributed by atoms with Gasteiger partial charge in [0.2, 0.25) is 0 Å². The van der Waals surface area contributed by atoms with Gasteiger partial charge in [-0.15, -0.1) is 0 Å². The van der Waals surface area contributed by atoms with Crippen molar-refractivity contribution >= 4 is 111 Å². The highest BCUT2D eigenvalue weighted by Crippen LogP contribution is 2.42. The molecule has 100 heavy (non-hydrogen) atoms. The van der Waals surface area contributed by atoms with Crippen molar-refractivity contribution in [1.29, 1.82) is 0 Å². The fraction of sp³-hybridized carbons (Fsp3) is 0.0222. The molecule has 2 aliphatic rings. The number of aliphatic imine (C=N–C) groups is 4. The summed E-state index contributed by atoms with van der Waals surface area (Å²) in [6.07, 6.45) is -0.750. The van der Waals surface area contributed by atoms with E-state index in [4.69, 9.17) is 28.8 Å². The van der Waals surface area contributed by atoms with Crippen LogP contribution in [0.3, 0.4) is 0 Å². The number of nitrogens with one attached hydrogen (secondary N) is 2. The molecule has 2 aliphatic heterocycles. The molecule has 20 rings (SSSR count). The van der Waals surface area contributed by atoms with Crippen molar-refractivity contribution < 1.29 is 8.83 Å². The molecule has 14 aromatic carbocycles. The van der Waals surface area contributed by atoms with E-state index in [2.05, 4.69) is 293 Å². The number of nitrogens with zero attached hydrogens (tertiary/aromatic N) is 6. The molecule has 0 saturated heterocycles. The van der Waals surface area contributed by atoms with Crippen molar-refractivity contribution in [3.05, 3.63) is 361 Å². The van der Waals surface area contributed by atoms with E-state index in [1.807, 2.05) is 54.6 Å². The molecule has 0 amide bonds. The maximum absolute atomic E-state index is 6.80. The first-order valence-electron chi connectivity index (χ1n) is 33.8. The van der Waals surface area contributed by atoms with Crippen molar-refractivity contribution in [2.24, 2.45) is 20.0 Å². The molecule has 10 nitrogen and oxygen atoms in total.